The van der Waals surface area contributed by atoms with E-state index in [2.05, 4.69) is 13.0 Å². The van der Waals surface area contributed by atoms with Gasteiger partial charge in [0.05, 0.1) is 11.3 Å². The molecule has 3 aromatic carbocycles. The van der Waals surface area contributed by atoms with E-state index in [1.807, 2.05) is 90.0 Å². The summed E-state index contributed by atoms with van der Waals surface area (Å²) in [4.78, 5) is 15.6. The molecule has 5 rings (SSSR count). The first-order valence-corrected chi connectivity index (χ1v) is 9.84. The molecule has 0 saturated carbocycles. The zero-order valence-electron chi connectivity index (χ0n) is 16.2. The van der Waals surface area contributed by atoms with Crippen molar-refractivity contribution in [3.8, 4) is 16.9 Å². The van der Waals surface area contributed by atoms with Crippen LogP contribution in [0, 0.1) is 0 Å². The summed E-state index contributed by atoms with van der Waals surface area (Å²) in [6, 6.07) is 28.1. The van der Waals surface area contributed by atoms with E-state index in [4.69, 9.17) is 5.10 Å². The van der Waals surface area contributed by atoms with Gasteiger partial charge in [-0.2, -0.15) is 5.10 Å². The number of fused-ring (bicyclic) bond motifs is 1. The molecular formula is C25H21N3O. The van der Waals surface area contributed by atoms with Crippen molar-refractivity contribution in [3.05, 3.63) is 102 Å². The van der Waals surface area contributed by atoms with Gasteiger partial charge < -0.3 is 4.90 Å². The smallest absolute Gasteiger partial charge is 0.262 e. The number of benzene rings is 3. The predicted molar refractivity (Wildman–Crippen MR) is 115 cm³/mol. The van der Waals surface area contributed by atoms with Crippen molar-refractivity contribution in [1.29, 1.82) is 0 Å². The van der Waals surface area contributed by atoms with Gasteiger partial charge in [0.1, 0.15) is 5.69 Å². The molecule has 1 unspecified atom stereocenters. The van der Waals surface area contributed by atoms with Crippen LogP contribution in [-0.4, -0.2) is 21.7 Å². The Balaban J connectivity index is 1.64. The number of carbonyl (C=O) groups is 1. The highest BCUT2D eigenvalue weighted by atomic mass is 16.2. The average molecular weight is 379 g/mol. The molecule has 0 fully saturated rings. The summed E-state index contributed by atoms with van der Waals surface area (Å²) in [6.45, 7) is 2.10. The largest absolute Gasteiger partial charge is 0.305 e. The van der Waals surface area contributed by atoms with E-state index in [1.54, 1.807) is 4.68 Å². The van der Waals surface area contributed by atoms with E-state index in [1.165, 1.54) is 5.56 Å². The fourth-order valence-electron chi connectivity index (χ4n) is 4.06. The van der Waals surface area contributed by atoms with Crippen LogP contribution in [0.1, 0.15) is 22.8 Å². The van der Waals surface area contributed by atoms with Crippen LogP contribution in [0.2, 0.25) is 0 Å². The number of hydrogen-bond donors (Lipinski definition) is 0. The molecule has 1 atom stereocenters. The number of hydrogen-bond acceptors (Lipinski definition) is 2. The lowest BCUT2D eigenvalue weighted by molar-refractivity contribution is 0.0982. The molecule has 0 radical (unpaired) electrons. The summed E-state index contributed by atoms with van der Waals surface area (Å²) in [5, 5.41) is 4.79. The SMILES string of the molecule is CC1Cc2ccccc2N1C(=O)c1cn(-c2ccccc2)nc1-c1ccccc1. The van der Waals surface area contributed by atoms with Crippen LogP contribution in [0.3, 0.4) is 0 Å². The Morgan fingerprint density at radius 1 is 0.897 bits per heavy atom. The number of carbonyl (C=O) groups excluding carboxylic acids is 1. The summed E-state index contributed by atoms with van der Waals surface area (Å²) in [6.07, 6.45) is 2.73. The maximum Gasteiger partial charge on any atom is 0.262 e. The number of anilines is 1. The molecule has 1 aliphatic rings. The molecular weight excluding hydrogens is 358 g/mol. The Morgan fingerprint density at radius 2 is 1.55 bits per heavy atom. The van der Waals surface area contributed by atoms with Crippen molar-refractivity contribution in [2.75, 3.05) is 4.90 Å². The molecule has 0 aliphatic carbocycles. The summed E-state index contributed by atoms with van der Waals surface area (Å²) >= 11 is 0. The summed E-state index contributed by atoms with van der Waals surface area (Å²) in [5.41, 5.74) is 5.39. The molecule has 142 valence electrons. The first kappa shape index (κ1) is 17.4. The monoisotopic (exact) mass is 379 g/mol. The molecule has 2 heterocycles. The second kappa shape index (κ2) is 7.06. The zero-order valence-corrected chi connectivity index (χ0v) is 16.2. The normalized spacial score (nSPS) is 15.3. The summed E-state index contributed by atoms with van der Waals surface area (Å²) < 4.78 is 1.79. The molecule has 4 aromatic rings. The average Bonchev–Trinajstić information content (AvgIpc) is 3.36. The van der Waals surface area contributed by atoms with Crippen LogP contribution in [0.5, 0.6) is 0 Å². The van der Waals surface area contributed by atoms with E-state index in [0.29, 0.717) is 11.3 Å². The fourth-order valence-corrected chi connectivity index (χ4v) is 4.06. The molecule has 1 amide bonds. The van der Waals surface area contributed by atoms with Crippen molar-refractivity contribution in [2.24, 2.45) is 0 Å². The third-order valence-corrected chi connectivity index (χ3v) is 5.44. The number of amides is 1. The van der Waals surface area contributed by atoms with E-state index in [-0.39, 0.29) is 11.9 Å². The van der Waals surface area contributed by atoms with Gasteiger partial charge in [-0.15, -0.1) is 0 Å². The minimum atomic E-state index is -0.0107. The Morgan fingerprint density at radius 3 is 2.31 bits per heavy atom. The molecule has 4 nitrogen and oxygen atoms in total. The van der Waals surface area contributed by atoms with Crippen molar-refractivity contribution < 1.29 is 4.79 Å². The minimum Gasteiger partial charge on any atom is -0.305 e. The quantitative estimate of drug-likeness (QED) is 0.495. The van der Waals surface area contributed by atoms with Crippen LogP contribution in [0.15, 0.2) is 91.1 Å². The molecule has 4 heteroatoms. The van der Waals surface area contributed by atoms with E-state index >= 15 is 0 Å². The molecule has 0 N–H and O–H groups in total. The lowest BCUT2D eigenvalue weighted by atomic mass is 10.1. The second-order valence-corrected chi connectivity index (χ2v) is 7.39. The highest BCUT2D eigenvalue weighted by molar-refractivity contribution is 6.11. The molecule has 29 heavy (non-hydrogen) atoms. The maximum atomic E-state index is 13.7. The Bertz CT molecular complexity index is 1170. The Hall–Kier alpha value is -3.66. The molecule has 0 spiro atoms. The van der Waals surface area contributed by atoms with Gasteiger partial charge in [0.15, 0.2) is 0 Å². The highest BCUT2D eigenvalue weighted by Gasteiger charge is 2.33. The minimum absolute atomic E-state index is 0.0107. The van der Waals surface area contributed by atoms with Gasteiger partial charge in [-0.25, -0.2) is 4.68 Å². The van der Waals surface area contributed by atoms with E-state index < -0.39 is 0 Å². The lowest BCUT2D eigenvalue weighted by Gasteiger charge is -2.22. The third kappa shape index (κ3) is 3.03. The number of nitrogens with zero attached hydrogens (tertiary/aromatic N) is 3. The van der Waals surface area contributed by atoms with Gasteiger partial charge in [0.2, 0.25) is 0 Å². The van der Waals surface area contributed by atoms with Gasteiger partial charge in [-0.1, -0.05) is 66.7 Å². The Kier molecular flexibility index (Phi) is 4.24. The number of rotatable bonds is 3. The van der Waals surface area contributed by atoms with E-state index in [0.717, 1.165) is 23.4 Å². The highest BCUT2D eigenvalue weighted by Crippen LogP contribution is 2.35. The summed E-state index contributed by atoms with van der Waals surface area (Å²) in [5.74, 6) is -0.0107. The first-order valence-electron chi connectivity index (χ1n) is 9.84. The van der Waals surface area contributed by atoms with Crippen LogP contribution in [-0.2, 0) is 6.42 Å². The first-order chi connectivity index (χ1) is 14.2. The van der Waals surface area contributed by atoms with Crippen LogP contribution < -0.4 is 4.90 Å². The van der Waals surface area contributed by atoms with Gasteiger partial charge in [-0.3, -0.25) is 4.79 Å². The van der Waals surface area contributed by atoms with Crippen molar-refractivity contribution in [1.82, 2.24) is 9.78 Å². The standard InChI is InChI=1S/C25H21N3O/c1-18-16-20-12-8-9-15-23(20)28(18)25(29)22-17-27(21-13-6-3-7-14-21)26-24(22)19-10-4-2-5-11-19/h2-15,17-18H,16H2,1H3. The fraction of sp³-hybridized carbons (Fsp3) is 0.120. The molecule has 0 saturated heterocycles. The van der Waals surface area contributed by atoms with Crippen molar-refractivity contribution in [2.45, 2.75) is 19.4 Å². The molecule has 1 aliphatic heterocycles. The molecule has 1 aromatic heterocycles. The van der Waals surface area contributed by atoms with Gasteiger partial charge in [0, 0.05) is 23.5 Å². The van der Waals surface area contributed by atoms with Gasteiger partial charge in [-0.05, 0) is 37.1 Å². The number of aromatic nitrogens is 2. The maximum absolute atomic E-state index is 13.7. The topological polar surface area (TPSA) is 38.1 Å². The van der Waals surface area contributed by atoms with Crippen LogP contribution in [0.4, 0.5) is 5.69 Å². The zero-order chi connectivity index (χ0) is 19.8. The van der Waals surface area contributed by atoms with Gasteiger partial charge in [0.25, 0.3) is 5.91 Å². The van der Waals surface area contributed by atoms with Crippen molar-refractivity contribution >= 4 is 11.6 Å². The van der Waals surface area contributed by atoms with Gasteiger partial charge >= 0.3 is 0 Å². The predicted octanol–water partition coefficient (Wildman–Crippen LogP) is 5.13. The molecule has 0 bridgehead atoms. The van der Waals surface area contributed by atoms with Crippen molar-refractivity contribution in [3.63, 3.8) is 0 Å². The lowest BCUT2D eigenvalue weighted by Crippen LogP contribution is -2.35. The Labute approximate surface area is 170 Å². The van der Waals surface area contributed by atoms with Crippen LogP contribution in [0.25, 0.3) is 16.9 Å². The van der Waals surface area contributed by atoms with Crippen LogP contribution >= 0.6 is 0 Å². The van der Waals surface area contributed by atoms with E-state index in [9.17, 15) is 4.79 Å². The summed E-state index contributed by atoms with van der Waals surface area (Å²) in [7, 11) is 0. The second-order valence-electron chi connectivity index (χ2n) is 7.39. The number of para-hydroxylation sites is 2. The third-order valence-electron chi connectivity index (χ3n) is 5.44.